The van der Waals surface area contributed by atoms with Gasteiger partial charge in [-0.1, -0.05) is 0 Å². The van der Waals surface area contributed by atoms with Crippen molar-refractivity contribution in [2.45, 2.75) is 6.54 Å². The number of aromatic nitrogens is 2. The Morgan fingerprint density at radius 3 is 2.41 bits per heavy atom. The zero-order valence-corrected chi connectivity index (χ0v) is 10.6. The molecule has 0 saturated carbocycles. The van der Waals surface area contributed by atoms with E-state index in [0.717, 1.165) is 12.1 Å². The minimum Gasteiger partial charge on any atom is -0.339 e. The maximum absolute atomic E-state index is 11.3. The van der Waals surface area contributed by atoms with Gasteiger partial charge in [0.05, 0.1) is 11.5 Å². The molecular formula is C10H16N4O2S. The summed E-state index contributed by atoms with van der Waals surface area (Å²) in [5.74, 6) is 0.989. The molecule has 0 aromatic carbocycles. The van der Waals surface area contributed by atoms with Gasteiger partial charge in [0.1, 0.15) is 0 Å². The average molecular weight is 256 g/mol. The standard InChI is InChI=1S/C10H16N4O2S/c1-11-6-9-7-12-10(13-8-9)14-2-4-17(15,16)5-3-14/h7-8,11H,2-6H2,1H3. The third-order valence-electron chi connectivity index (χ3n) is 2.70. The monoisotopic (exact) mass is 256 g/mol. The van der Waals surface area contributed by atoms with E-state index in [1.807, 2.05) is 11.9 Å². The fourth-order valence-corrected chi connectivity index (χ4v) is 2.92. The minimum atomic E-state index is -2.85. The number of hydrogen-bond acceptors (Lipinski definition) is 6. The molecule has 2 rings (SSSR count). The molecular weight excluding hydrogens is 240 g/mol. The Morgan fingerprint density at radius 1 is 1.29 bits per heavy atom. The summed E-state index contributed by atoms with van der Waals surface area (Å²) in [5, 5.41) is 3.02. The van der Waals surface area contributed by atoms with Crippen molar-refractivity contribution in [2.75, 3.05) is 36.5 Å². The van der Waals surface area contributed by atoms with E-state index in [0.29, 0.717) is 19.0 Å². The molecule has 1 N–H and O–H groups in total. The van der Waals surface area contributed by atoms with E-state index in [-0.39, 0.29) is 11.5 Å². The lowest BCUT2D eigenvalue weighted by atomic mass is 10.3. The number of hydrogen-bond donors (Lipinski definition) is 1. The first-order valence-electron chi connectivity index (χ1n) is 5.51. The molecule has 0 atom stereocenters. The largest absolute Gasteiger partial charge is 0.339 e. The topological polar surface area (TPSA) is 75.2 Å². The maximum atomic E-state index is 11.3. The van der Waals surface area contributed by atoms with Crippen LogP contribution < -0.4 is 10.2 Å². The molecule has 1 aliphatic heterocycles. The number of nitrogens with one attached hydrogen (secondary N) is 1. The second kappa shape index (κ2) is 4.97. The fourth-order valence-electron chi connectivity index (χ4n) is 1.72. The quantitative estimate of drug-likeness (QED) is 0.780. The van der Waals surface area contributed by atoms with E-state index in [1.165, 1.54) is 0 Å². The molecule has 94 valence electrons. The molecule has 6 nitrogen and oxygen atoms in total. The first-order chi connectivity index (χ1) is 8.11. The lowest BCUT2D eigenvalue weighted by Gasteiger charge is -2.26. The van der Waals surface area contributed by atoms with E-state index in [4.69, 9.17) is 0 Å². The highest BCUT2D eigenvalue weighted by Gasteiger charge is 2.22. The van der Waals surface area contributed by atoms with Gasteiger partial charge in [-0.25, -0.2) is 18.4 Å². The zero-order chi connectivity index (χ0) is 12.3. The highest BCUT2D eigenvalue weighted by atomic mass is 32.2. The van der Waals surface area contributed by atoms with Crippen LogP contribution in [0.2, 0.25) is 0 Å². The van der Waals surface area contributed by atoms with E-state index < -0.39 is 9.84 Å². The second-order valence-electron chi connectivity index (χ2n) is 4.06. The van der Waals surface area contributed by atoms with E-state index in [1.54, 1.807) is 12.4 Å². The summed E-state index contributed by atoms with van der Waals surface area (Å²) in [6, 6.07) is 0. The van der Waals surface area contributed by atoms with Crippen LogP contribution in [-0.2, 0) is 16.4 Å². The van der Waals surface area contributed by atoms with E-state index in [2.05, 4.69) is 15.3 Å². The first-order valence-corrected chi connectivity index (χ1v) is 7.34. The molecule has 2 heterocycles. The molecule has 1 fully saturated rings. The van der Waals surface area contributed by atoms with Gasteiger partial charge in [0.15, 0.2) is 9.84 Å². The summed E-state index contributed by atoms with van der Waals surface area (Å²) in [6.07, 6.45) is 3.53. The first kappa shape index (κ1) is 12.3. The van der Waals surface area contributed by atoms with Gasteiger partial charge in [-0.05, 0) is 7.05 Å². The van der Waals surface area contributed by atoms with Crippen molar-refractivity contribution in [1.82, 2.24) is 15.3 Å². The summed E-state index contributed by atoms with van der Waals surface area (Å²) < 4.78 is 22.6. The van der Waals surface area contributed by atoms with E-state index in [9.17, 15) is 8.42 Å². The van der Waals surface area contributed by atoms with Gasteiger partial charge < -0.3 is 10.2 Å². The summed E-state index contributed by atoms with van der Waals surface area (Å²) in [5.41, 5.74) is 1.01. The fraction of sp³-hybridized carbons (Fsp3) is 0.600. The predicted octanol–water partition coefficient (Wildman–Crippen LogP) is -0.569. The molecule has 0 aliphatic carbocycles. The van der Waals surface area contributed by atoms with Gasteiger partial charge >= 0.3 is 0 Å². The van der Waals surface area contributed by atoms with Crippen LogP contribution in [0.5, 0.6) is 0 Å². The van der Waals surface area contributed by atoms with Crippen LogP contribution in [0.25, 0.3) is 0 Å². The SMILES string of the molecule is CNCc1cnc(N2CCS(=O)(=O)CC2)nc1. The van der Waals surface area contributed by atoms with Crippen LogP contribution in [0.4, 0.5) is 5.95 Å². The molecule has 1 aromatic heterocycles. The van der Waals surface area contributed by atoms with Crippen LogP contribution in [0.1, 0.15) is 5.56 Å². The second-order valence-corrected chi connectivity index (χ2v) is 6.36. The Bertz CT molecular complexity index is 458. The molecule has 7 heteroatoms. The Labute approximate surface area is 101 Å². The Hall–Kier alpha value is -1.21. The third kappa shape index (κ3) is 3.13. The van der Waals surface area contributed by atoms with Crippen LogP contribution in [-0.4, -0.2) is 50.0 Å². The summed E-state index contributed by atoms with van der Waals surface area (Å²) in [4.78, 5) is 10.4. The maximum Gasteiger partial charge on any atom is 0.225 e. The third-order valence-corrected chi connectivity index (χ3v) is 4.31. The molecule has 0 unspecified atom stereocenters. The van der Waals surface area contributed by atoms with E-state index >= 15 is 0 Å². The summed E-state index contributed by atoms with van der Waals surface area (Å²) >= 11 is 0. The lowest BCUT2D eigenvalue weighted by Crippen LogP contribution is -2.41. The van der Waals surface area contributed by atoms with Crippen molar-refractivity contribution < 1.29 is 8.42 Å². The van der Waals surface area contributed by atoms with Crippen LogP contribution in [0.3, 0.4) is 0 Å². The van der Waals surface area contributed by atoms with Crippen LogP contribution >= 0.6 is 0 Å². The molecule has 1 aliphatic rings. The van der Waals surface area contributed by atoms with Gasteiger partial charge in [-0.2, -0.15) is 0 Å². The molecule has 1 aromatic rings. The Kier molecular flexibility index (Phi) is 3.58. The summed E-state index contributed by atoms with van der Waals surface area (Å²) in [7, 11) is -0.983. The molecule has 17 heavy (non-hydrogen) atoms. The Balaban J connectivity index is 2.03. The smallest absolute Gasteiger partial charge is 0.225 e. The number of nitrogens with zero attached hydrogens (tertiary/aromatic N) is 3. The van der Waals surface area contributed by atoms with Crippen molar-refractivity contribution >= 4 is 15.8 Å². The molecule has 1 saturated heterocycles. The molecule has 0 radical (unpaired) electrons. The van der Waals surface area contributed by atoms with Crippen molar-refractivity contribution in [2.24, 2.45) is 0 Å². The molecule has 0 bridgehead atoms. The van der Waals surface area contributed by atoms with Gasteiger partial charge in [-0.3, -0.25) is 0 Å². The number of sulfone groups is 1. The summed E-state index contributed by atoms with van der Waals surface area (Å²) in [6.45, 7) is 1.69. The zero-order valence-electron chi connectivity index (χ0n) is 9.76. The van der Waals surface area contributed by atoms with Gasteiger partial charge in [-0.15, -0.1) is 0 Å². The number of anilines is 1. The normalized spacial score (nSPS) is 19.2. The lowest BCUT2D eigenvalue weighted by molar-refractivity contribution is 0.585. The Morgan fingerprint density at radius 2 is 1.88 bits per heavy atom. The highest BCUT2D eigenvalue weighted by molar-refractivity contribution is 7.91. The van der Waals surface area contributed by atoms with Crippen molar-refractivity contribution in [3.63, 3.8) is 0 Å². The van der Waals surface area contributed by atoms with Crippen molar-refractivity contribution in [3.8, 4) is 0 Å². The van der Waals surface area contributed by atoms with Crippen molar-refractivity contribution in [3.05, 3.63) is 18.0 Å². The molecule has 0 spiro atoms. The van der Waals surface area contributed by atoms with Crippen LogP contribution in [0.15, 0.2) is 12.4 Å². The number of rotatable bonds is 3. The van der Waals surface area contributed by atoms with Crippen molar-refractivity contribution in [1.29, 1.82) is 0 Å². The predicted molar refractivity (Wildman–Crippen MR) is 65.7 cm³/mol. The molecule has 0 amide bonds. The highest BCUT2D eigenvalue weighted by Crippen LogP contribution is 2.11. The van der Waals surface area contributed by atoms with Crippen LogP contribution in [0, 0.1) is 0 Å². The average Bonchev–Trinajstić information content (AvgIpc) is 2.31. The minimum absolute atomic E-state index is 0.189. The van der Waals surface area contributed by atoms with Gasteiger partial charge in [0.25, 0.3) is 0 Å². The van der Waals surface area contributed by atoms with Gasteiger partial charge in [0.2, 0.25) is 5.95 Å². The van der Waals surface area contributed by atoms with Gasteiger partial charge in [0, 0.05) is 37.6 Å².